The summed E-state index contributed by atoms with van der Waals surface area (Å²) in [7, 11) is 1.52. The highest BCUT2D eigenvalue weighted by Crippen LogP contribution is 2.23. The first-order valence-electron chi connectivity index (χ1n) is 7.37. The Hall–Kier alpha value is -1.69. The molecule has 0 aromatic heterocycles. The molecule has 1 aliphatic heterocycles. The maximum atomic E-state index is 12.1. The van der Waals surface area contributed by atoms with E-state index >= 15 is 0 Å². The number of carbonyl (C=O) groups is 2. The fourth-order valence-corrected chi connectivity index (χ4v) is 3.62. The summed E-state index contributed by atoms with van der Waals surface area (Å²) in [6.07, 6.45) is 2.52. The molecule has 2 N–H and O–H groups in total. The minimum absolute atomic E-state index is 0.126. The number of carboxylic acids is 1. The van der Waals surface area contributed by atoms with E-state index in [1.807, 2.05) is 11.8 Å². The molecule has 1 aliphatic rings. The second-order valence-electron chi connectivity index (χ2n) is 5.26. The van der Waals surface area contributed by atoms with Crippen molar-refractivity contribution in [1.29, 1.82) is 0 Å². The van der Waals surface area contributed by atoms with Crippen molar-refractivity contribution < 1.29 is 19.4 Å². The predicted octanol–water partition coefficient (Wildman–Crippen LogP) is 2.20. The Morgan fingerprint density at radius 3 is 2.73 bits per heavy atom. The third-order valence-electron chi connectivity index (χ3n) is 3.82. The van der Waals surface area contributed by atoms with Crippen molar-refractivity contribution in [3.8, 4) is 5.75 Å². The van der Waals surface area contributed by atoms with Crippen molar-refractivity contribution in [3.63, 3.8) is 0 Å². The summed E-state index contributed by atoms with van der Waals surface area (Å²) in [4.78, 5) is 23.0. The molecule has 1 fully saturated rings. The Morgan fingerprint density at radius 2 is 2.09 bits per heavy atom. The Kier molecular flexibility index (Phi) is 6.12. The Morgan fingerprint density at radius 1 is 1.36 bits per heavy atom. The minimum Gasteiger partial charge on any atom is -0.496 e. The largest absolute Gasteiger partial charge is 0.496 e. The monoisotopic (exact) mass is 323 g/mol. The van der Waals surface area contributed by atoms with Crippen molar-refractivity contribution >= 4 is 23.6 Å². The number of aromatic carboxylic acids is 1. The van der Waals surface area contributed by atoms with E-state index in [2.05, 4.69) is 5.32 Å². The first-order chi connectivity index (χ1) is 10.6. The summed E-state index contributed by atoms with van der Waals surface area (Å²) < 4.78 is 5.23. The summed E-state index contributed by atoms with van der Waals surface area (Å²) in [5.41, 5.74) is 1.09. The van der Waals surface area contributed by atoms with Crippen LogP contribution in [0.5, 0.6) is 5.75 Å². The molecule has 1 amide bonds. The van der Waals surface area contributed by atoms with Crippen molar-refractivity contribution in [1.82, 2.24) is 5.32 Å². The van der Waals surface area contributed by atoms with E-state index < -0.39 is 5.97 Å². The number of hydrogen-bond donors (Lipinski definition) is 2. The number of ether oxygens (including phenoxy) is 1. The van der Waals surface area contributed by atoms with E-state index in [4.69, 9.17) is 9.84 Å². The van der Waals surface area contributed by atoms with Gasteiger partial charge in [0.25, 0.3) is 0 Å². The fraction of sp³-hybridized carbons (Fsp3) is 0.500. The van der Waals surface area contributed by atoms with Crippen LogP contribution in [0.25, 0.3) is 0 Å². The van der Waals surface area contributed by atoms with Crippen molar-refractivity contribution in [2.45, 2.75) is 19.3 Å². The van der Waals surface area contributed by atoms with Gasteiger partial charge in [-0.3, -0.25) is 4.79 Å². The number of hydrogen-bond acceptors (Lipinski definition) is 4. The third-order valence-corrected chi connectivity index (χ3v) is 4.87. The zero-order valence-electron chi connectivity index (χ0n) is 12.6. The fourth-order valence-electron chi connectivity index (χ4n) is 2.51. The summed E-state index contributed by atoms with van der Waals surface area (Å²) >= 11 is 1.90. The number of carboxylic acid groups (broad SMARTS) is 1. The molecule has 1 heterocycles. The van der Waals surface area contributed by atoms with Crippen molar-refractivity contribution in [2.75, 3.05) is 25.2 Å². The van der Waals surface area contributed by atoms with Crippen LogP contribution in [0.15, 0.2) is 18.2 Å². The highest BCUT2D eigenvalue weighted by Gasteiger charge is 2.20. The normalized spacial score (nSPS) is 15.3. The summed E-state index contributed by atoms with van der Waals surface area (Å²) in [5.74, 6) is 1.95. The maximum absolute atomic E-state index is 12.1. The van der Waals surface area contributed by atoms with Crippen LogP contribution in [0.4, 0.5) is 0 Å². The van der Waals surface area contributed by atoms with Gasteiger partial charge in [-0.25, -0.2) is 4.79 Å². The molecule has 5 nitrogen and oxygen atoms in total. The molecule has 2 rings (SSSR count). The number of rotatable bonds is 6. The number of methoxy groups -OCH3 is 1. The van der Waals surface area contributed by atoms with Crippen LogP contribution in [-0.2, 0) is 11.2 Å². The van der Waals surface area contributed by atoms with Crippen LogP contribution >= 0.6 is 11.8 Å². The average molecular weight is 323 g/mol. The van der Waals surface area contributed by atoms with E-state index in [0.29, 0.717) is 18.7 Å². The van der Waals surface area contributed by atoms with E-state index in [1.54, 1.807) is 12.1 Å². The van der Waals surface area contributed by atoms with Gasteiger partial charge in [-0.05, 0) is 48.5 Å². The van der Waals surface area contributed by atoms with E-state index in [9.17, 15) is 9.59 Å². The molecule has 0 radical (unpaired) electrons. The summed E-state index contributed by atoms with van der Waals surface area (Å²) in [5, 5.41) is 11.9. The first-order valence-corrected chi connectivity index (χ1v) is 8.53. The Balaban J connectivity index is 1.88. The molecule has 22 heavy (non-hydrogen) atoms. The number of thioether (sulfide) groups is 1. The quantitative estimate of drug-likeness (QED) is 0.839. The number of amides is 1. The first kappa shape index (κ1) is 16.7. The molecular formula is C16H21NO4S. The average Bonchev–Trinajstić information content (AvgIpc) is 2.55. The molecule has 0 atom stereocenters. The lowest BCUT2D eigenvalue weighted by Gasteiger charge is -2.20. The summed E-state index contributed by atoms with van der Waals surface area (Å²) in [6.45, 7) is 0.533. The lowest BCUT2D eigenvalue weighted by molar-refractivity contribution is -0.125. The third kappa shape index (κ3) is 4.40. The molecule has 0 bridgehead atoms. The molecule has 6 heteroatoms. The standard InChI is InChI=1S/C16H21NO4S/c1-21-14-10-13(16(19)20)3-2-11(14)4-7-17-15(18)12-5-8-22-9-6-12/h2-3,10,12H,4-9H2,1H3,(H,17,18)(H,19,20). The van der Waals surface area contributed by atoms with Crippen LogP contribution in [-0.4, -0.2) is 42.1 Å². The van der Waals surface area contributed by atoms with Gasteiger partial charge in [0.2, 0.25) is 5.91 Å². The smallest absolute Gasteiger partial charge is 0.335 e. The minimum atomic E-state index is -0.978. The summed E-state index contributed by atoms with van der Waals surface area (Å²) in [6, 6.07) is 4.81. The second kappa shape index (κ2) is 8.08. The van der Waals surface area contributed by atoms with Crippen LogP contribution < -0.4 is 10.1 Å². The van der Waals surface area contributed by atoms with Gasteiger partial charge < -0.3 is 15.2 Å². The molecule has 0 saturated carbocycles. The molecule has 120 valence electrons. The molecule has 0 spiro atoms. The number of nitrogens with one attached hydrogen (secondary N) is 1. The van der Waals surface area contributed by atoms with Gasteiger partial charge in [-0.2, -0.15) is 11.8 Å². The van der Waals surface area contributed by atoms with E-state index in [-0.39, 0.29) is 17.4 Å². The molecule has 0 unspecified atom stereocenters. The topological polar surface area (TPSA) is 75.6 Å². The number of carbonyl (C=O) groups excluding carboxylic acids is 1. The molecule has 1 aromatic carbocycles. The zero-order valence-corrected chi connectivity index (χ0v) is 13.4. The SMILES string of the molecule is COc1cc(C(=O)O)ccc1CCNC(=O)C1CCSCC1. The van der Waals surface area contributed by atoms with Gasteiger partial charge in [-0.15, -0.1) is 0 Å². The number of benzene rings is 1. The molecular weight excluding hydrogens is 302 g/mol. The van der Waals surface area contributed by atoms with E-state index in [0.717, 1.165) is 29.9 Å². The predicted molar refractivity (Wildman–Crippen MR) is 86.7 cm³/mol. The van der Waals surface area contributed by atoms with Gasteiger partial charge in [0.05, 0.1) is 12.7 Å². The molecule has 0 aliphatic carbocycles. The second-order valence-corrected chi connectivity index (χ2v) is 6.48. The van der Waals surface area contributed by atoms with Crippen LogP contribution in [0.1, 0.15) is 28.8 Å². The highest BCUT2D eigenvalue weighted by molar-refractivity contribution is 7.99. The van der Waals surface area contributed by atoms with Crippen molar-refractivity contribution in [3.05, 3.63) is 29.3 Å². The van der Waals surface area contributed by atoms with Crippen LogP contribution in [0.3, 0.4) is 0 Å². The van der Waals surface area contributed by atoms with Gasteiger partial charge >= 0.3 is 5.97 Å². The van der Waals surface area contributed by atoms with Gasteiger partial charge in [0.15, 0.2) is 0 Å². The van der Waals surface area contributed by atoms with Gasteiger partial charge in [-0.1, -0.05) is 6.07 Å². The van der Waals surface area contributed by atoms with Crippen LogP contribution in [0.2, 0.25) is 0 Å². The van der Waals surface area contributed by atoms with E-state index in [1.165, 1.54) is 13.2 Å². The maximum Gasteiger partial charge on any atom is 0.335 e. The molecule has 1 saturated heterocycles. The molecule has 1 aromatic rings. The lowest BCUT2D eigenvalue weighted by atomic mass is 10.0. The Labute approximate surface area is 134 Å². The van der Waals surface area contributed by atoms with Gasteiger partial charge in [0, 0.05) is 12.5 Å². The van der Waals surface area contributed by atoms with Crippen LogP contribution in [0, 0.1) is 5.92 Å². The lowest BCUT2D eigenvalue weighted by Crippen LogP contribution is -2.34. The van der Waals surface area contributed by atoms with Crippen molar-refractivity contribution in [2.24, 2.45) is 5.92 Å². The zero-order chi connectivity index (χ0) is 15.9. The highest BCUT2D eigenvalue weighted by atomic mass is 32.2. The van der Waals surface area contributed by atoms with Gasteiger partial charge in [0.1, 0.15) is 5.75 Å². The Bertz CT molecular complexity index is 541.